The topological polar surface area (TPSA) is 21.3 Å². The largest absolute Gasteiger partial charge is 0.492 e. The van der Waals surface area contributed by atoms with Crippen LogP contribution in [0.5, 0.6) is 5.75 Å². The average Bonchev–Trinajstić information content (AvgIpc) is 2.25. The highest BCUT2D eigenvalue weighted by molar-refractivity contribution is 6.18. The summed E-state index contributed by atoms with van der Waals surface area (Å²) in [6.07, 6.45) is 0. The van der Waals surface area contributed by atoms with Crippen molar-refractivity contribution in [2.75, 3.05) is 19.0 Å². The fraction of sp³-hybridized carbons (Fsp3) is 0.455. The van der Waals surface area contributed by atoms with Gasteiger partial charge in [-0.05, 0) is 19.1 Å². The molecular weight excluding hydrogens is 198 g/mol. The zero-order valence-corrected chi connectivity index (χ0v) is 9.13. The molecule has 2 nitrogen and oxygen atoms in total. The molecule has 0 heterocycles. The van der Waals surface area contributed by atoms with E-state index in [1.54, 1.807) is 0 Å². The van der Waals surface area contributed by atoms with E-state index in [4.69, 9.17) is 16.3 Å². The van der Waals surface area contributed by atoms with Crippen molar-refractivity contribution in [1.82, 2.24) is 5.32 Å². The maximum atomic E-state index is 5.56. The van der Waals surface area contributed by atoms with Crippen LogP contribution in [0, 0.1) is 0 Å². The van der Waals surface area contributed by atoms with Crippen LogP contribution in [0.15, 0.2) is 30.3 Å². The lowest BCUT2D eigenvalue weighted by atomic mass is 10.3. The molecule has 0 aliphatic rings. The predicted molar refractivity (Wildman–Crippen MR) is 60.1 cm³/mol. The number of hydrogen-bond donors (Lipinski definition) is 1. The number of halogens is 1. The van der Waals surface area contributed by atoms with Crippen molar-refractivity contribution in [3.05, 3.63) is 30.3 Å². The number of benzene rings is 1. The normalized spacial score (nSPS) is 12.4. The van der Waals surface area contributed by atoms with Crippen LogP contribution in [0.4, 0.5) is 0 Å². The van der Waals surface area contributed by atoms with E-state index in [0.29, 0.717) is 18.5 Å². The van der Waals surface area contributed by atoms with Crippen LogP contribution < -0.4 is 10.1 Å². The second-order valence-electron chi connectivity index (χ2n) is 3.17. The predicted octanol–water partition coefficient (Wildman–Crippen LogP) is 2.28. The molecule has 1 unspecified atom stereocenters. The SMILES string of the molecule is CC(COc1ccccc1)NCCCl. The molecule has 0 saturated carbocycles. The minimum Gasteiger partial charge on any atom is -0.492 e. The van der Waals surface area contributed by atoms with Gasteiger partial charge in [-0.25, -0.2) is 0 Å². The molecular formula is C11H16ClNO. The van der Waals surface area contributed by atoms with Gasteiger partial charge >= 0.3 is 0 Å². The number of alkyl halides is 1. The van der Waals surface area contributed by atoms with Crippen molar-refractivity contribution in [3.8, 4) is 5.75 Å². The molecule has 0 aliphatic heterocycles. The van der Waals surface area contributed by atoms with Crippen LogP contribution in [0.1, 0.15) is 6.92 Å². The smallest absolute Gasteiger partial charge is 0.119 e. The van der Waals surface area contributed by atoms with Gasteiger partial charge < -0.3 is 10.1 Å². The average molecular weight is 214 g/mol. The summed E-state index contributed by atoms with van der Waals surface area (Å²) in [6.45, 7) is 3.57. The van der Waals surface area contributed by atoms with Crippen molar-refractivity contribution in [2.45, 2.75) is 13.0 Å². The maximum absolute atomic E-state index is 5.56. The first kappa shape index (κ1) is 11.3. The summed E-state index contributed by atoms with van der Waals surface area (Å²) in [5, 5.41) is 3.25. The van der Waals surface area contributed by atoms with E-state index >= 15 is 0 Å². The van der Waals surface area contributed by atoms with Crippen molar-refractivity contribution in [2.24, 2.45) is 0 Å². The van der Waals surface area contributed by atoms with E-state index in [1.165, 1.54) is 0 Å². The third-order valence-electron chi connectivity index (χ3n) is 1.83. The Morgan fingerprint density at radius 2 is 2.07 bits per heavy atom. The van der Waals surface area contributed by atoms with Gasteiger partial charge in [0.25, 0.3) is 0 Å². The van der Waals surface area contributed by atoms with Crippen molar-refractivity contribution < 1.29 is 4.74 Å². The second-order valence-corrected chi connectivity index (χ2v) is 3.55. The first-order valence-electron chi connectivity index (χ1n) is 4.80. The Kier molecular flexibility index (Phi) is 5.42. The molecule has 1 aromatic rings. The van der Waals surface area contributed by atoms with Crippen LogP contribution in [0.25, 0.3) is 0 Å². The lowest BCUT2D eigenvalue weighted by Crippen LogP contribution is -2.33. The number of ether oxygens (including phenoxy) is 1. The molecule has 0 saturated heterocycles. The Labute approximate surface area is 90.2 Å². The standard InChI is InChI=1S/C11H16ClNO/c1-10(13-8-7-12)9-14-11-5-3-2-4-6-11/h2-6,10,13H,7-9H2,1H3. The number of para-hydroxylation sites is 1. The molecule has 14 heavy (non-hydrogen) atoms. The summed E-state index contributed by atoms with van der Waals surface area (Å²) in [5.74, 6) is 1.54. The summed E-state index contributed by atoms with van der Waals surface area (Å²) < 4.78 is 5.56. The molecule has 0 spiro atoms. The van der Waals surface area contributed by atoms with Gasteiger partial charge in [0.15, 0.2) is 0 Å². The van der Waals surface area contributed by atoms with Gasteiger partial charge in [0, 0.05) is 18.5 Å². The minimum atomic E-state index is 0.328. The summed E-state index contributed by atoms with van der Waals surface area (Å²) in [6, 6.07) is 10.1. The van der Waals surface area contributed by atoms with E-state index in [2.05, 4.69) is 12.2 Å². The zero-order valence-electron chi connectivity index (χ0n) is 8.37. The quantitative estimate of drug-likeness (QED) is 0.733. The Morgan fingerprint density at radius 3 is 2.71 bits per heavy atom. The van der Waals surface area contributed by atoms with E-state index in [1.807, 2.05) is 30.3 Å². The first-order chi connectivity index (χ1) is 6.83. The molecule has 1 N–H and O–H groups in total. The molecule has 78 valence electrons. The highest BCUT2D eigenvalue weighted by Crippen LogP contribution is 2.08. The molecule has 0 amide bonds. The number of rotatable bonds is 6. The Morgan fingerprint density at radius 1 is 1.36 bits per heavy atom. The molecule has 0 fully saturated rings. The van der Waals surface area contributed by atoms with E-state index in [0.717, 1.165) is 12.3 Å². The number of nitrogens with one attached hydrogen (secondary N) is 1. The van der Waals surface area contributed by atoms with Gasteiger partial charge in [-0.3, -0.25) is 0 Å². The Bertz CT molecular complexity index is 240. The highest BCUT2D eigenvalue weighted by Gasteiger charge is 2.00. The van der Waals surface area contributed by atoms with Crippen molar-refractivity contribution >= 4 is 11.6 Å². The minimum absolute atomic E-state index is 0.328. The van der Waals surface area contributed by atoms with Gasteiger partial charge in [-0.15, -0.1) is 11.6 Å². The van der Waals surface area contributed by atoms with E-state index in [-0.39, 0.29) is 0 Å². The maximum Gasteiger partial charge on any atom is 0.119 e. The molecule has 1 rings (SSSR count). The van der Waals surface area contributed by atoms with Crippen LogP contribution in [-0.4, -0.2) is 25.1 Å². The summed E-state index contributed by atoms with van der Waals surface area (Å²) in [4.78, 5) is 0. The summed E-state index contributed by atoms with van der Waals surface area (Å²) >= 11 is 5.56. The van der Waals surface area contributed by atoms with Gasteiger partial charge in [0.05, 0.1) is 0 Å². The molecule has 0 aromatic heterocycles. The summed E-state index contributed by atoms with van der Waals surface area (Å²) in [5.41, 5.74) is 0. The Hall–Kier alpha value is -0.730. The van der Waals surface area contributed by atoms with E-state index < -0.39 is 0 Å². The van der Waals surface area contributed by atoms with Crippen molar-refractivity contribution in [1.29, 1.82) is 0 Å². The van der Waals surface area contributed by atoms with E-state index in [9.17, 15) is 0 Å². The monoisotopic (exact) mass is 213 g/mol. The molecule has 1 aromatic carbocycles. The highest BCUT2D eigenvalue weighted by atomic mass is 35.5. The molecule has 0 aliphatic carbocycles. The number of hydrogen-bond acceptors (Lipinski definition) is 2. The van der Waals surface area contributed by atoms with Crippen LogP contribution in [0.3, 0.4) is 0 Å². The molecule has 0 radical (unpaired) electrons. The zero-order chi connectivity index (χ0) is 10.2. The fourth-order valence-corrected chi connectivity index (χ4v) is 1.21. The van der Waals surface area contributed by atoms with Gasteiger partial charge in [0.2, 0.25) is 0 Å². The Balaban J connectivity index is 2.20. The third kappa shape index (κ3) is 4.49. The first-order valence-corrected chi connectivity index (χ1v) is 5.33. The molecule has 0 bridgehead atoms. The van der Waals surface area contributed by atoms with Crippen LogP contribution in [0.2, 0.25) is 0 Å². The lowest BCUT2D eigenvalue weighted by molar-refractivity contribution is 0.275. The molecule has 3 heteroatoms. The van der Waals surface area contributed by atoms with Crippen LogP contribution in [-0.2, 0) is 0 Å². The lowest BCUT2D eigenvalue weighted by Gasteiger charge is -2.13. The second kappa shape index (κ2) is 6.68. The molecule has 1 atom stereocenters. The van der Waals surface area contributed by atoms with Gasteiger partial charge in [-0.2, -0.15) is 0 Å². The van der Waals surface area contributed by atoms with Crippen molar-refractivity contribution in [3.63, 3.8) is 0 Å². The van der Waals surface area contributed by atoms with Crippen LogP contribution >= 0.6 is 11.6 Å². The third-order valence-corrected chi connectivity index (χ3v) is 2.02. The van der Waals surface area contributed by atoms with Gasteiger partial charge in [0.1, 0.15) is 12.4 Å². The summed E-state index contributed by atoms with van der Waals surface area (Å²) in [7, 11) is 0. The fourth-order valence-electron chi connectivity index (χ4n) is 1.10. The van der Waals surface area contributed by atoms with Gasteiger partial charge in [-0.1, -0.05) is 18.2 Å².